The van der Waals surface area contributed by atoms with E-state index in [9.17, 15) is 9.59 Å². The quantitative estimate of drug-likeness (QED) is 0.855. The molecular weight excluding hydrogens is 272 g/mol. The number of carbonyl (C=O) groups excluding carboxylic acids is 2. The number of hydrogen-bond acceptors (Lipinski definition) is 5. The van der Waals surface area contributed by atoms with Gasteiger partial charge in [-0.05, 0) is 25.5 Å². The minimum Gasteiger partial charge on any atom is -0.445 e. The molecule has 1 unspecified atom stereocenters. The second kappa shape index (κ2) is 4.73. The summed E-state index contributed by atoms with van der Waals surface area (Å²) in [5, 5.41) is 6.30. The van der Waals surface area contributed by atoms with Gasteiger partial charge in [0.05, 0.1) is 5.56 Å². The normalized spacial score (nSPS) is 20.6. The molecule has 0 radical (unpaired) electrons. The summed E-state index contributed by atoms with van der Waals surface area (Å²) in [5.41, 5.74) is 0.0287. The van der Waals surface area contributed by atoms with Crippen LogP contribution in [0, 0.1) is 6.92 Å². The minimum atomic E-state index is -1.27. The number of benzene rings is 1. The van der Waals surface area contributed by atoms with Crippen LogP contribution in [0.2, 0.25) is 0 Å². The van der Waals surface area contributed by atoms with E-state index in [1.165, 1.54) is 0 Å². The third kappa shape index (κ3) is 2.40. The predicted molar refractivity (Wildman–Crippen MR) is 73.8 cm³/mol. The van der Waals surface area contributed by atoms with Crippen molar-refractivity contribution in [3.8, 4) is 0 Å². The number of nitrogens with zero attached hydrogens (tertiary/aromatic N) is 1. The summed E-state index contributed by atoms with van der Waals surface area (Å²) in [7, 11) is 0. The molecule has 6 heteroatoms. The number of anilines is 1. The first-order chi connectivity index (χ1) is 9.98. The molecule has 6 nitrogen and oxygen atoms in total. The molecule has 1 aliphatic heterocycles. The molecule has 1 amide bonds. The molecule has 0 saturated carbocycles. The van der Waals surface area contributed by atoms with Crippen LogP contribution in [0.4, 0.5) is 5.82 Å². The van der Waals surface area contributed by atoms with Gasteiger partial charge in [-0.1, -0.05) is 23.4 Å². The molecule has 0 aliphatic carbocycles. The van der Waals surface area contributed by atoms with Crippen LogP contribution < -0.4 is 5.32 Å². The molecule has 2 heterocycles. The average Bonchev–Trinajstić information content (AvgIpc) is 2.84. The van der Waals surface area contributed by atoms with E-state index in [4.69, 9.17) is 9.26 Å². The van der Waals surface area contributed by atoms with Crippen LogP contribution >= 0.6 is 0 Å². The Balaban J connectivity index is 1.85. The smallest absolute Gasteiger partial charge is 0.339 e. The molecule has 1 N–H and O–H groups in total. The van der Waals surface area contributed by atoms with Crippen molar-refractivity contribution in [2.45, 2.75) is 25.9 Å². The molecular formula is C15H14N2O4. The molecule has 108 valence electrons. The first-order valence-corrected chi connectivity index (χ1v) is 6.54. The maximum Gasteiger partial charge on any atom is 0.339 e. The van der Waals surface area contributed by atoms with Crippen molar-refractivity contribution in [2.75, 3.05) is 5.32 Å². The van der Waals surface area contributed by atoms with Crippen molar-refractivity contribution in [1.29, 1.82) is 0 Å². The standard InChI is InChI=1S/C15H14N2O4/c1-9-7-12(17-21-9)16-14(19)15(2)8-10-5-3-4-6-11(10)13(18)20-15/h3-7H,8H2,1-2H3,(H,16,17,19). The van der Waals surface area contributed by atoms with E-state index in [2.05, 4.69) is 10.5 Å². The number of amides is 1. The number of aromatic nitrogens is 1. The Morgan fingerprint density at radius 3 is 2.86 bits per heavy atom. The van der Waals surface area contributed by atoms with Crippen molar-refractivity contribution in [3.63, 3.8) is 0 Å². The minimum absolute atomic E-state index is 0.300. The fraction of sp³-hybridized carbons (Fsp3) is 0.267. The van der Waals surface area contributed by atoms with Crippen LogP contribution in [0.3, 0.4) is 0 Å². The molecule has 0 saturated heterocycles. The number of fused-ring (bicyclic) bond motifs is 1. The molecule has 0 fully saturated rings. The number of cyclic esters (lactones) is 1. The van der Waals surface area contributed by atoms with Crippen molar-refractivity contribution in [3.05, 3.63) is 47.2 Å². The fourth-order valence-corrected chi connectivity index (χ4v) is 2.33. The Bertz CT molecular complexity index is 722. The lowest BCUT2D eigenvalue weighted by atomic mass is 9.89. The van der Waals surface area contributed by atoms with Gasteiger partial charge in [-0.25, -0.2) is 4.79 Å². The summed E-state index contributed by atoms with van der Waals surface area (Å²) >= 11 is 0. The largest absolute Gasteiger partial charge is 0.445 e. The van der Waals surface area contributed by atoms with Crippen LogP contribution in [0.25, 0.3) is 0 Å². The van der Waals surface area contributed by atoms with Crippen LogP contribution in [-0.2, 0) is 16.0 Å². The Morgan fingerprint density at radius 1 is 1.38 bits per heavy atom. The number of esters is 1. The average molecular weight is 286 g/mol. The summed E-state index contributed by atoms with van der Waals surface area (Å²) in [4.78, 5) is 24.4. The zero-order chi connectivity index (χ0) is 15.0. The van der Waals surface area contributed by atoms with E-state index in [-0.39, 0.29) is 0 Å². The van der Waals surface area contributed by atoms with Gasteiger partial charge in [-0.3, -0.25) is 4.79 Å². The van der Waals surface area contributed by atoms with Crippen LogP contribution in [0.1, 0.15) is 28.6 Å². The van der Waals surface area contributed by atoms with Crippen molar-refractivity contribution in [1.82, 2.24) is 5.16 Å². The second-order valence-corrected chi connectivity index (χ2v) is 5.23. The van der Waals surface area contributed by atoms with Gasteiger partial charge >= 0.3 is 5.97 Å². The van der Waals surface area contributed by atoms with Gasteiger partial charge in [0.15, 0.2) is 11.4 Å². The van der Waals surface area contributed by atoms with E-state index < -0.39 is 17.5 Å². The van der Waals surface area contributed by atoms with Crippen molar-refractivity contribution < 1.29 is 18.8 Å². The lowest BCUT2D eigenvalue weighted by Gasteiger charge is -2.32. The Labute approximate surface area is 121 Å². The van der Waals surface area contributed by atoms with Crippen LogP contribution in [0.15, 0.2) is 34.9 Å². The number of carbonyl (C=O) groups is 2. The zero-order valence-corrected chi connectivity index (χ0v) is 11.7. The highest BCUT2D eigenvalue weighted by Gasteiger charge is 2.42. The van der Waals surface area contributed by atoms with E-state index in [0.717, 1.165) is 5.56 Å². The SMILES string of the molecule is Cc1cc(NC(=O)C2(C)Cc3ccccc3C(=O)O2)no1. The summed E-state index contributed by atoms with van der Waals surface area (Å²) in [6.45, 7) is 3.31. The van der Waals surface area contributed by atoms with Gasteiger partial charge in [0.2, 0.25) is 0 Å². The first-order valence-electron chi connectivity index (χ1n) is 6.54. The van der Waals surface area contributed by atoms with Gasteiger partial charge < -0.3 is 14.6 Å². The molecule has 1 aromatic carbocycles. The number of rotatable bonds is 2. The maximum atomic E-state index is 12.4. The molecule has 3 rings (SSSR count). The van der Waals surface area contributed by atoms with Gasteiger partial charge in [0.1, 0.15) is 5.76 Å². The Kier molecular flexibility index (Phi) is 3.01. The lowest BCUT2D eigenvalue weighted by molar-refractivity contribution is -0.134. The van der Waals surface area contributed by atoms with Gasteiger partial charge in [0, 0.05) is 12.5 Å². The highest BCUT2D eigenvalue weighted by molar-refractivity contribution is 6.02. The Morgan fingerprint density at radius 2 is 2.14 bits per heavy atom. The summed E-state index contributed by atoms with van der Waals surface area (Å²) in [5.74, 6) is -0.0421. The molecule has 0 bridgehead atoms. The van der Waals surface area contributed by atoms with Crippen LogP contribution in [-0.4, -0.2) is 22.6 Å². The zero-order valence-electron chi connectivity index (χ0n) is 11.7. The summed E-state index contributed by atoms with van der Waals surface area (Å²) in [6.07, 6.45) is 0.317. The van der Waals surface area contributed by atoms with E-state index >= 15 is 0 Å². The van der Waals surface area contributed by atoms with Gasteiger partial charge in [-0.2, -0.15) is 0 Å². The topological polar surface area (TPSA) is 81.4 Å². The summed E-state index contributed by atoms with van der Waals surface area (Å²) < 4.78 is 10.2. The predicted octanol–water partition coefficient (Wildman–Crippen LogP) is 2.09. The van der Waals surface area contributed by atoms with Gasteiger partial charge in [-0.15, -0.1) is 0 Å². The fourth-order valence-electron chi connectivity index (χ4n) is 2.33. The number of nitrogens with one attached hydrogen (secondary N) is 1. The molecule has 0 spiro atoms. The van der Waals surface area contributed by atoms with Crippen molar-refractivity contribution in [2.24, 2.45) is 0 Å². The maximum absolute atomic E-state index is 12.4. The second-order valence-electron chi connectivity index (χ2n) is 5.23. The third-order valence-corrected chi connectivity index (χ3v) is 3.43. The van der Waals surface area contributed by atoms with Crippen LogP contribution in [0.5, 0.6) is 0 Å². The van der Waals surface area contributed by atoms with E-state index in [1.54, 1.807) is 32.0 Å². The number of aryl methyl sites for hydroxylation is 1. The highest BCUT2D eigenvalue weighted by Crippen LogP contribution is 2.29. The number of ether oxygens (including phenoxy) is 1. The molecule has 21 heavy (non-hydrogen) atoms. The monoisotopic (exact) mass is 286 g/mol. The number of hydrogen-bond donors (Lipinski definition) is 1. The first kappa shape index (κ1) is 13.4. The molecule has 1 aromatic heterocycles. The third-order valence-electron chi connectivity index (χ3n) is 3.43. The van der Waals surface area contributed by atoms with Gasteiger partial charge in [0.25, 0.3) is 5.91 Å². The summed E-state index contributed by atoms with van der Waals surface area (Å²) in [6, 6.07) is 8.70. The highest BCUT2D eigenvalue weighted by atomic mass is 16.6. The Hall–Kier alpha value is -2.63. The molecule has 1 atom stereocenters. The van der Waals surface area contributed by atoms with Crippen molar-refractivity contribution >= 4 is 17.7 Å². The lowest BCUT2D eigenvalue weighted by Crippen LogP contribution is -2.48. The molecule has 2 aromatic rings. The van der Waals surface area contributed by atoms with E-state index in [1.807, 2.05) is 12.1 Å². The molecule has 1 aliphatic rings. The van der Waals surface area contributed by atoms with E-state index in [0.29, 0.717) is 23.6 Å².